The molecule has 0 unspecified atom stereocenters. The van der Waals surface area contributed by atoms with Crippen LogP contribution in [0.2, 0.25) is 0 Å². The second kappa shape index (κ2) is 8.41. The first-order valence-corrected chi connectivity index (χ1v) is 10.3. The molecule has 0 radical (unpaired) electrons. The van der Waals surface area contributed by atoms with Gasteiger partial charge in [0.25, 0.3) is 0 Å². The molecule has 5 nitrogen and oxygen atoms in total. The Hall–Kier alpha value is -3.25. The van der Waals surface area contributed by atoms with Gasteiger partial charge < -0.3 is 15.6 Å². The molecular formula is C23H22N4OS. The zero-order valence-electron chi connectivity index (χ0n) is 16.1. The second-order valence-electron chi connectivity index (χ2n) is 6.76. The van der Waals surface area contributed by atoms with E-state index in [2.05, 4.69) is 33.2 Å². The number of benzene rings is 2. The number of nitrogens with two attached hydrogens (primary N) is 1. The highest BCUT2D eigenvalue weighted by Gasteiger charge is 2.13. The number of nitrogens with zero attached hydrogens (tertiary/aromatic N) is 2. The summed E-state index contributed by atoms with van der Waals surface area (Å²) in [5, 5.41) is 4.07. The first-order valence-electron chi connectivity index (χ1n) is 9.48. The quantitative estimate of drug-likeness (QED) is 0.437. The van der Waals surface area contributed by atoms with Gasteiger partial charge in [-0.25, -0.2) is 0 Å². The molecule has 0 atom stereocenters. The van der Waals surface area contributed by atoms with Gasteiger partial charge in [0.1, 0.15) is 0 Å². The Kier molecular flexibility index (Phi) is 5.53. The molecule has 2 aromatic heterocycles. The van der Waals surface area contributed by atoms with Crippen LogP contribution in [0.3, 0.4) is 0 Å². The third kappa shape index (κ3) is 4.27. The van der Waals surface area contributed by atoms with Gasteiger partial charge in [-0.05, 0) is 42.0 Å². The van der Waals surface area contributed by atoms with Gasteiger partial charge in [-0.2, -0.15) is 0 Å². The smallest absolute Gasteiger partial charge is 0.224 e. The maximum atomic E-state index is 11.8. The maximum absolute atomic E-state index is 11.8. The normalized spacial score (nSPS) is 10.9. The number of hydrogen-bond donors (Lipinski definition) is 2. The molecule has 2 heterocycles. The van der Waals surface area contributed by atoms with Crippen molar-refractivity contribution >= 4 is 39.9 Å². The lowest BCUT2D eigenvalue weighted by atomic mass is 10.2. The van der Waals surface area contributed by atoms with E-state index >= 15 is 0 Å². The van der Waals surface area contributed by atoms with E-state index in [0.29, 0.717) is 13.0 Å². The Bertz CT molecular complexity index is 1150. The molecule has 1 amide bonds. The van der Waals surface area contributed by atoms with Crippen LogP contribution >= 0.6 is 11.8 Å². The van der Waals surface area contributed by atoms with Crippen LogP contribution in [0.1, 0.15) is 18.9 Å². The summed E-state index contributed by atoms with van der Waals surface area (Å²) in [4.78, 5) is 18.2. The number of anilines is 2. The van der Waals surface area contributed by atoms with Crippen LogP contribution in [0.5, 0.6) is 0 Å². The Morgan fingerprint density at radius 1 is 1.14 bits per heavy atom. The average molecular weight is 403 g/mol. The van der Waals surface area contributed by atoms with Crippen molar-refractivity contribution in [1.29, 1.82) is 0 Å². The number of nitrogens with one attached hydrogen (secondary N) is 1. The minimum atomic E-state index is 0.00127. The second-order valence-corrected chi connectivity index (χ2v) is 7.84. The number of nitrogen functional groups attached to an aromatic ring is 1. The summed E-state index contributed by atoms with van der Waals surface area (Å²) in [6.07, 6.45) is 6.23. The van der Waals surface area contributed by atoms with Crippen LogP contribution in [-0.4, -0.2) is 15.5 Å². The molecule has 0 aliphatic carbocycles. The molecule has 0 aliphatic heterocycles. The Morgan fingerprint density at radius 2 is 2.00 bits per heavy atom. The van der Waals surface area contributed by atoms with Crippen molar-refractivity contribution in [3.05, 3.63) is 78.8 Å². The van der Waals surface area contributed by atoms with E-state index < -0.39 is 0 Å². The highest BCUT2D eigenvalue weighted by molar-refractivity contribution is 7.99. The monoisotopic (exact) mass is 402 g/mol. The number of aromatic nitrogens is 2. The van der Waals surface area contributed by atoms with Gasteiger partial charge >= 0.3 is 0 Å². The molecule has 0 bridgehead atoms. The number of para-hydroxylation sites is 1. The van der Waals surface area contributed by atoms with Gasteiger partial charge in [-0.15, -0.1) is 0 Å². The predicted molar refractivity (Wildman–Crippen MR) is 119 cm³/mol. The lowest BCUT2D eigenvalue weighted by Gasteiger charge is -2.08. The van der Waals surface area contributed by atoms with Gasteiger partial charge in [0.05, 0.1) is 5.52 Å². The lowest BCUT2D eigenvalue weighted by Crippen LogP contribution is -2.09. The summed E-state index contributed by atoms with van der Waals surface area (Å²) in [5.74, 6) is 0.00127. The molecule has 0 saturated heterocycles. The summed E-state index contributed by atoms with van der Waals surface area (Å²) in [5.41, 5.74) is 9.88. The molecule has 0 saturated carbocycles. The number of amides is 1. The van der Waals surface area contributed by atoms with Crippen molar-refractivity contribution < 1.29 is 4.79 Å². The number of carbonyl (C=O) groups excluding carboxylic acids is 1. The predicted octanol–water partition coefficient (Wildman–Crippen LogP) is 5.17. The molecule has 4 aromatic rings. The maximum Gasteiger partial charge on any atom is 0.224 e. The van der Waals surface area contributed by atoms with Crippen LogP contribution in [0, 0.1) is 0 Å². The van der Waals surface area contributed by atoms with Crippen molar-refractivity contribution in [2.45, 2.75) is 29.7 Å². The molecule has 29 heavy (non-hydrogen) atoms. The Morgan fingerprint density at radius 3 is 2.76 bits per heavy atom. The summed E-state index contributed by atoms with van der Waals surface area (Å²) in [6.45, 7) is 2.54. The molecule has 146 valence electrons. The van der Waals surface area contributed by atoms with E-state index in [1.807, 2.05) is 55.6 Å². The summed E-state index contributed by atoms with van der Waals surface area (Å²) >= 11 is 1.65. The first-order chi connectivity index (χ1) is 14.1. The largest absolute Gasteiger partial charge is 0.398 e. The van der Waals surface area contributed by atoms with E-state index in [9.17, 15) is 4.79 Å². The highest BCUT2D eigenvalue weighted by Crippen LogP contribution is 2.38. The molecule has 2 aromatic carbocycles. The number of carbonyl (C=O) groups is 1. The zero-order chi connectivity index (χ0) is 20.2. The lowest BCUT2D eigenvalue weighted by molar-refractivity contribution is -0.115. The number of pyridine rings is 1. The van der Waals surface area contributed by atoms with Crippen molar-refractivity contribution in [1.82, 2.24) is 9.55 Å². The first kappa shape index (κ1) is 19.1. The molecule has 6 heteroatoms. The van der Waals surface area contributed by atoms with Crippen molar-refractivity contribution in [3.8, 4) is 0 Å². The van der Waals surface area contributed by atoms with Gasteiger partial charge in [0.2, 0.25) is 5.91 Å². The van der Waals surface area contributed by atoms with Crippen molar-refractivity contribution in [2.75, 3.05) is 11.1 Å². The van der Waals surface area contributed by atoms with Crippen molar-refractivity contribution in [3.63, 3.8) is 0 Å². The molecule has 4 rings (SSSR count). The van der Waals surface area contributed by atoms with Gasteiger partial charge in [-0.1, -0.05) is 36.9 Å². The van der Waals surface area contributed by atoms with E-state index in [4.69, 9.17) is 5.73 Å². The van der Waals surface area contributed by atoms with Crippen LogP contribution < -0.4 is 11.1 Å². The van der Waals surface area contributed by atoms with E-state index in [-0.39, 0.29) is 5.91 Å². The third-order valence-electron chi connectivity index (χ3n) is 4.67. The van der Waals surface area contributed by atoms with Gasteiger partial charge in [0.15, 0.2) is 0 Å². The van der Waals surface area contributed by atoms with Crippen molar-refractivity contribution in [2.24, 2.45) is 0 Å². The van der Waals surface area contributed by atoms with Crippen LogP contribution in [0.25, 0.3) is 10.9 Å². The standard InChI is InChI=1S/C23H22N4OS/c1-2-23(28)26-17-9-10-18-20(12-17)27(14-16-6-5-11-25-13-16)15-22(18)29-21-8-4-3-7-19(21)24/h3-13,15H,2,14,24H2,1H3,(H,26,28). The van der Waals surface area contributed by atoms with Gasteiger partial charge in [0, 0.05) is 58.1 Å². The number of fused-ring (bicyclic) bond motifs is 1. The summed E-state index contributed by atoms with van der Waals surface area (Å²) in [6, 6.07) is 17.9. The fraction of sp³-hybridized carbons (Fsp3) is 0.130. The minimum Gasteiger partial charge on any atom is -0.398 e. The zero-order valence-corrected chi connectivity index (χ0v) is 16.9. The van der Waals surface area contributed by atoms with Crippen LogP contribution in [0.15, 0.2) is 83.0 Å². The average Bonchev–Trinajstić information content (AvgIpc) is 3.07. The number of hydrogen-bond acceptors (Lipinski definition) is 4. The highest BCUT2D eigenvalue weighted by atomic mass is 32.2. The topological polar surface area (TPSA) is 72.9 Å². The van der Waals surface area contributed by atoms with Crippen LogP contribution in [0.4, 0.5) is 11.4 Å². The summed E-state index contributed by atoms with van der Waals surface area (Å²) in [7, 11) is 0. The fourth-order valence-electron chi connectivity index (χ4n) is 3.18. The molecule has 3 N–H and O–H groups in total. The van der Waals surface area contributed by atoms with Gasteiger partial charge in [-0.3, -0.25) is 9.78 Å². The number of rotatable bonds is 6. The van der Waals surface area contributed by atoms with E-state index in [0.717, 1.165) is 37.6 Å². The Balaban J connectivity index is 1.77. The molecule has 0 aliphatic rings. The molecule has 0 spiro atoms. The molecular weight excluding hydrogens is 380 g/mol. The Labute approximate surface area is 174 Å². The van der Waals surface area contributed by atoms with E-state index in [1.54, 1.807) is 18.0 Å². The fourth-order valence-corrected chi connectivity index (χ4v) is 4.21. The SMILES string of the molecule is CCC(=O)Nc1ccc2c(Sc3ccccc3N)cn(Cc3cccnc3)c2c1. The molecule has 0 fully saturated rings. The van der Waals surface area contributed by atoms with E-state index in [1.165, 1.54) is 0 Å². The summed E-state index contributed by atoms with van der Waals surface area (Å²) < 4.78 is 2.19. The third-order valence-corrected chi connectivity index (χ3v) is 5.80. The minimum absolute atomic E-state index is 0.00127. The van der Waals surface area contributed by atoms with Crippen LogP contribution in [-0.2, 0) is 11.3 Å².